The molecule has 1 aromatic carbocycles. The van der Waals surface area contributed by atoms with E-state index >= 15 is 0 Å². The van der Waals surface area contributed by atoms with Crippen molar-refractivity contribution in [2.24, 2.45) is 0 Å². The van der Waals surface area contributed by atoms with E-state index in [2.05, 4.69) is 5.32 Å². The highest BCUT2D eigenvalue weighted by Gasteiger charge is 2.13. The van der Waals surface area contributed by atoms with Crippen LogP contribution in [0.5, 0.6) is 0 Å². The summed E-state index contributed by atoms with van der Waals surface area (Å²) in [6, 6.07) is 6.30. The number of carboxylic acids is 1. The van der Waals surface area contributed by atoms with Crippen LogP contribution in [0.1, 0.15) is 22.8 Å². The lowest BCUT2D eigenvalue weighted by molar-refractivity contribution is -0.118. The summed E-state index contributed by atoms with van der Waals surface area (Å²) in [5.74, 6) is -2.07. The lowest BCUT2D eigenvalue weighted by atomic mass is 10.1. The summed E-state index contributed by atoms with van der Waals surface area (Å²) in [4.78, 5) is 22.0. The quantitative estimate of drug-likeness (QED) is 0.762. The van der Waals surface area contributed by atoms with Gasteiger partial charge in [-0.05, 0) is 24.1 Å². The Morgan fingerprint density at radius 3 is 2.30 bits per heavy atom. The second kappa shape index (κ2) is 7.04. The van der Waals surface area contributed by atoms with E-state index in [-0.39, 0.29) is 11.3 Å². The van der Waals surface area contributed by atoms with Gasteiger partial charge in [-0.1, -0.05) is 19.1 Å². The predicted octanol–water partition coefficient (Wildman–Crippen LogP) is 0.478. The molecule has 6 nitrogen and oxygen atoms in total. The summed E-state index contributed by atoms with van der Waals surface area (Å²) in [5.41, 5.74) is 1.07. The molecule has 0 atom stereocenters. The van der Waals surface area contributed by atoms with Crippen molar-refractivity contribution in [1.29, 1.82) is 0 Å². The van der Waals surface area contributed by atoms with Crippen molar-refractivity contribution in [2.75, 3.05) is 18.1 Å². The number of sulfone groups is 1. The van der Waals surface area contributed by atoms with E-state index in [0.29, 0.717) is 13.0 Å². The van der Waals surface area contributed by atoms with Crippen LogP contribution in [0.4, 0.5) is 0 Å². The van der Waals surface area contributed by atoms with Crippen LogP contribution >= 0.6 is 0 Å². The second-order valence-electron chi connectivity index (χ2n) is 4.28. The summed E-state index contributed by atoms with van der Waals surface area (Å²) in [5, 5.41) is 11.3. The van der Waals surface area contributed by atoms with Crippen LogP contribution in [-0.2, 0) is 21.1 Å². The second-order valence-corrected chi connectivity index (χ2v) is 6.63. The largest absolute Gasteiger partial charge is 0.478 e. The molecule has 7 heteroatoms. The van der Waals surface area contributed by atoms with Gasteiger partial charge in [-0.3, -0.25) is 4.79 Å². The van der Waals surface area contributed by atoms with Crippen LogP contribution in [-0.4, -0.2) is 43.5 Å². The normalized spacial score (nSPS) is 11.1. The molecule has 0 bridgehead atoms. The molecule has 0 fully saturated rings. The van der Waals surface area contributed by atoms with Gasteiger partial charge < -0.3 is 10.4 Å². The lowest BCUT2D eigenvalue weighted by Gasteiger charge is -2.05. The van der Waals surface area contributed by atoms with Crippen molar-refractivity contribution in [1.82, 2.24) is 5.32 Å². The fourth-order valence-corrected chi connectivity index (χ4v) is 2.22. The Balaban J connectivity index is 2.41. The minimum Gasteiger partial charge on any atom is -0.478 e. The molecular weight excluding hydrogens is 282 g/mol. The summed E-state index contributed by atoms with van der Waals surface area (Å²) in [7, 11) is -3.31. The molecule has 0 saturated carbocycles. The molecule has 20 heavy (non-hydrogen) atoms. The van der Waals surface area contributed by atoms with Gasteiger partial charge in [0.15, 0.2) is 9.84 Å². The van der Waals surface area contributed by atoms with E-state index < -0.39 is 27.5 Å². The molecule has 0 aromatic heterocycles. The zero-order valence-corrected chi connectivity index (χ0v) is 11.9. The van der Waals surface area contributed by atoms with Gasteiger partial charge in [0, 0.05) is 12.3 Å². The molecule has 110 valence electrons. The maximum atomic E-state index is 11.4. The van der Waals surface area contributed by atoms with E-state index in [4.69, 9.17) is 5.11 Å². The van der Waals surface area contributed by atoms with Gasteiger partial charge in [-0.15, -0.1) is 0 Å². The van der Waals surface area contributed by atoms with Crippen LogP contribution in [0.25, 0.3) is 0 Å². The van der Waals surface area contributed by atoms with Gasteiger partial charge >= 0.3 is 5.97 Å². The number of amides is 1. The highest BCUT2D eigenvalue weighted by Crippen LogP contribution is 2.04. The molecule has 0 heterocycles. The van der Waals surface area contributed by atoms with Crippen LogP contribution < -0.4 is 5.32 Å². The molecule has 0 radical (unpaired) electrons. The Morgan fingerprint density at radius 1 is 1.20 bits per heavy atom. The predicted molar refractivity (Wildman–Crippen MR) is 74.4 cm³/mol. The molecule has 0 saturated heterocycles. The minimum absolute atomic E-state index is 0.0585. The number of benzene rings is 1. The van der Waals surface area contributed by atoms with Crippen LogP contribution in [0.2, 0.25) is 0 Å². The van der Waals surface area contributed by atoms with Gasteiger partial charge in [0.25, 0.3) is 0 Å². The maximum absolute atomic E-state index is 11.4. The average molecular weight is 299 g/mol. The van der Waals surface area contributed by atoms with Crippen molar-refractivity contribution < 1.29 is 23.1 Å². The average Bonchev–Trinajstić information content (AvgIpc) is 2.38. The smallest absolute Gasteiger partial charge is 0.335 e. The molecule has 0 spiro atoms. The Morgan fingerprint density at radius 2 is 1.80 bits per heavy atom. The van der Waals surface area contributed by atoms with E-state index in [0.717, 1.165) is 5.56 Å². The Hall–Kier alpha value is -1.89. The van der Waals surface area contributed by atoms with Crippen LogP contribution in [0.3, 0.4) is 0 Å². The first-order valence-corrected chi connectivity index (χ1v) is 7.95. The van der Waals surface area contributed by atoms with E-state index in [9.17, 15) is 18.0 Å². The molecule has 0 unspecified atom stereocenters. The van der Waals surface area contributed by atoms with Gasteiger partial charge in [0.2, 0.25) is 5.91 Å². The van der Waals surface area contributed by atoms with E-state index in [1.807, 2.05) is 0 Å². The zero-order valence-electron chi connectivity index (χ0n) is 11.1. The number of aromatic carboxylic acids is 1. The van der Waals surface area contributed by atoms with E-state index in [1.54, 1.807) is 12.1 Å². The molecule has 1 rings (SSSR count). The number of hydrogen-bond acceptors (Lipinski definition) is 4. The van der Waals surface area contributed by atoms with Gasteiger partial charge in [0.1, 0.15) is 5.75 Å². The number of rotatable bonds is 7. The number of carboxylic acid groups (broad SMARTS) is 1. The number of carbonyl (C=O) groups excluding carboxylic acids is 1. The first-order valence-electron chi connectivity index (χ1n) is 6.13. The standard InChI is InChI=1S/C13H17NO5S/c1-2-20(18,19)9-12(15)14-8-7-10-3-5-11(6-4-10)13(16)17/h3-6H,2,7-9H2,1H3,(H,14,15)(H,16,17). The molecule has 1 aromatic rings. The molecule has 0 aliphatic carbocycles. The van der Waals surface area contributed by atoms with Crippen LogP contribution in [0, 0.1) is 0 Å². The Bertz CT molecular complexity index is 577. The van der Waals surface area contributed by atoms with Gasteiger partial charge in [-0.25, -0.2) is 13.2 Å². The zero-order chi connectivity index (χ0) is 15.2. The molecular formula is C13H17NO5S. The first kappa shape index (κ1) is 16.2. The highest BCUT2D eigenvalue weighted by atomic mass is 32.2. The number of hydrogen-bond donors (Lipinski definition) is 2. The number of nitrogens with one attached hydrogen (secondary N) is 1. The minimum atomic E-state index is -3.31. The Labute approximate surface area is 117 Å². The lowest BCUT2D eigenvalue weighted by Crippen LogP contribution is -2.32. The summed E-state index contributed by atoms with van der Waals surface area (Å²) in [6.07, 6.45) is 0.512. The molecule has 2 N–H and O–H groups in total. The van der Waals surface area contributed by atoms with E-state index in [1.165, 1.54) is 19.1 Å². The summed E-state index contributed by atoms with van der Waals surface area (Å²) in [6.45, 7) is 1.80. The molecule has 0 aliphatic heterocycles. The van der Waals surface area contributed by atoms with Crippen LogP contribution in [0.15, 0.2) is 24.3 Å². The topological polar surface area (TPSA) is 101 Å². The SMILES string of the molecule is CCS(=O)(=O)CC(=O)NCCc1ccc(C(=O)O)cc1. The fraction of sp³-hybridized carbons (Fsp3) is 0.385. The van der Waals surface area contributed by atoms with Gasteiger partial charge in [0.05, 0.1) is 5.56 Å². The van der Waals surface area contributed by atoms with Crippen molar-refractivity contribution in [3.8, 4) is 0 Å². The van der Waals surface area contributed by atoms with Gasteiger partial charge in [-0.2, -0.15) is 0 Å². The fourth-order valence-electron chi connectivity index (χ4n) is 1.51. The third kappa shape index (κ3) is 5.40. The summed E-state index contributed by atoms with van der Waals surface area (Å²) < 4.78 is 22.5. The number of carbonyl (C=O) groups is 2. The maximum Gasteiger partial charge on any atom is 0.335 e. The molecule has 1 amide bonds. The third-order valence-electron chi connectivity index (χ3n) is 2.73. The molecule has 0 aliphatic rings. The summed E-state index contributed by atoms with van der Waals surface area (Å²) >= 11 is 0. The van der Waals surface area contributed by atoms with Crippen molar-refractivity contribution in [3.63, 3.8) is 0 Å². The Kier molecular flexibility index (Phi) is 5.69. The van der Waals surface area contributed by atoms with Crippen molar-refractivity contribution in [3.05, 3.63) is 35.4 Å². The van der Waals surface area contributed by atoms with Crippen molar-refractivity contribution >= 4 is 21.7 Å². The third-order valence-corrected chi connectivity index (χ3v) is 4.31. The monoisotopic (exact) mass is 299 g/mol. The highest BCUT2D eigenvalue weighted by molar-refractivity contribution is 7.92. The first-order chi connectivity index (χ1) is 9.34. The van der Waals surface area contributed by atoms with Crippen molar-refractivity contribution in [2.45, 2.75) is 13.3 Å².